The molecule has 0 atom stereocenters. The summed E-state index contributed by atoms with van der Waals surface area (Å²) in [5, 5.41) is 8.64. The number of ether oxygens (including phenoxy) is 1. The van der Waals surface area contributed by atoms with Gasteiger partial charge in [0.1, 0.15) is 11.8 Å². The van der Waals surface area contributed by atoms with Gasteiger partial charge in [-0.2, -0.15) is 5.26 Å². The maximum Gasteiger partial charge on any atom is 0.146 e. The molecular formula is C9H10N2O. The standard InChI is InChI=1S/C9H10N2O/c1-6-3-4-7(5-10)8(11)9(6)12-2/h3-4H,11H2,1-2H3. The van der Waals surface area contributed by atoms with Gasteiger partial charge >= 0.3 is 0 Å². The normalized spacial score (nSPS) is 9.08. The third kappa shape index (κ3) is 1.19. The van der Waals surface area contributed by atoms with Crippen molar-refractivity contribution in [2.24, 2.45) is 0 Å². The lowest BCUT2D eigenvalue weighted by atomic mass is 10.1. The summed E-state index contributed by atoms with van der Waals surface area (Å²) >= 11 is 0. The first kappa shape index (κ1) is 8.41. The lowest BCUT2D eigenvalue weighted by Crippen LogP contribution is -1.97. The third-order valence-corrected chi connectivity index (χ3v) is 1.72. The van der Waals surface area contributed by atoms with E-state index in [2.05, 4.69) is 0 Å². The molecule has 0 heterocycles. The van der Waals surface area contributed by atoms with Crippen molar-refractivity contribution in [2.45, 2.75) is 6.92 Å². The minimum Gasteiger partial charge on any atom is -0.494 e. The first-order chi connectivity index (χ1) is 5.70. The number of benzene rings is 1. The quantitative estimate of drug-likeness (QED) is 0.636. The van der Waals surface area contributed by atoms with Crippen LogP contribution in [0.2, 0.25) is 0 Å². The Morgan fingerprint density at radius 2 is 2.17 bits per heavy atom. The minimum absolute atomic E-state index is 0.417. The Kier molecular flexibility index (Phi) is 2.20. The van der Waals surface area contributed by atoms with Crippen LogP contribution in [0.5, 0.6) is 5.75 Å². The van der Waals surface area contributed by atoms with Crippen molar-refractivity contribution in [2.75, 3.05) is 12.8 Å². The molecule has 0 aromatic heterocycles. The van der Waals surface area contributed by atoms with Crippen molar-refractivity contribution in [3.05, 3.63) is 23.3 Å². The molecule has 2 N–H and O–H groups in total. The summed E-state index contributed by atoms with van der Waals surface area (Å²) in [5.74, 6) is 0.592. The summed E-state index contributed by atoms with van der Waals surface area (Å²) in [5.41, 5.74) is 7.47. The predicted molar refractivity (Wildman–Crippen MR) is 46.9 cm³/mol. The first-order valence-electron chi connectivity index (χ1n) is 3.54. The molecule has 3 heteroatoms. The number of nitriles is 1. The van der Waals surface area contributed by atoms with Gasteiger partial charge in [0.15, 0.2) is 0 Å². The molecule has 0 aliphatic rings. The van der Waals surface area contributed by atoms with E-state index in [0.29, 0.717) is 17.0 Å². The summed E-state index contributed by atoms with van der Waals surface area (Å²) in [4.78, 5) is 0. The van der Waals surface area contributed by atoms with Crippen molar-refractivity contribution >= 4 is 5.69 Å². The van der Waals surface area contributed by atoms with E-state index >= 15 is 0 Å². The monoisotopic (exact) mass is 162 g/mol. The number of nitrogens with two attached hydrogens (primary N) is 1. The van der Waals surface area contributed by atoms with Crippen LogP contribution in [0.3, 0.4) is 0 Å². The largest absolute Gasteiger partial charge is 0.494 e. The zero-order valence-electron chi connectivity index (χ0n) is 7.09. The van der Waals surface area contributed by atoms with Crippen LogP contribution < -0.4 is 10.5 Å². The maximum absolute atomic E-state index is 8.64. The zero-order valence-corrected chi connectivity index (χ0v) is 7.09. The number of nitrogens with zero attached hydrogens (tertiary/aromatic N) is 1. The lowest BCUT2D eigenvalue weighted by molar-refractivity contribution is 0.414. The van der Waals surface area contributed by atoms with E-state index in [-0.39, 0.29) is 0 Å². The Labute approximate surface area is 71.4 Å². The molecule has 0 unspecified atom stereocenters. The Balaban J connectivity index is 3.36. The summed E-state index contributed by atoms with van der Waals surface area (Å²) in [6.45, 7) is 1.89. The van der Waals surface area contributed by atoms with Gasteiger partial charge in [0.05, 0.1) is 18.4 Å². The van der Waals surface area contributed by atoms with Crippen LogP contribution in [0, 0.1) is 18.3 Å². The van der Waals surface area contributed by atoms with Crippen molar-refractivity contribution < 1.29 is 4.74 Å². The fourth-order valence-corrected chi connectivity index (χ4v) is 1.08. The Hall–Kier alpha value is -1.69. The van der Waals surface area contributed by atoms with E-state index in [9.17, 15) is 0 Å². The van der Waals surface area contributed by atoms with E-state index in [1.165, 1.54) is 0 Å². The van der Waals surface area contributed by atoms with Gasteiger partial charge in [0.2, 0.25) is 0 Å². The Morgan fingerprint density at radius 3 is 2.67 bits per heavy atom. The van der Waals surface area contributed by atoms with Crippen LogP contribution in [0.4, 0.5) is 5.69 Å². The molecule has 0 aliphatic heterocycles. The van der Waals surface area contributed by atoms with E-state index in [4.69, 9.17) is 15.7 Å². The molecule has 3 nitrogen and oxygen atoms in total. The average molecular weight is 162 g/mol. The number of hydrogen-bond donors (Lipinski definition) is 1. The molecule has 1 rings (SSSR count). The van der Waals surface area contributed by atoms with Gasteiger partial charge in [0.25, 0.3) is 0 Å². The van der Waals surface area contributed by atoms with Gasteiger partial charge in [-0.15, -0.1) is 0 Å². The Morgan fingerprint density at radius 1 is 1.50 bits per heavy atom. The van der Waals surface area contributed by atoms with E-state index in [0.717, 1.165) is 5.56 Å². The van der Waals surface area contributed by atoms with Crippen molar-refractivity contribution in [3.63, 3.8) is 0 Å². The molecule has 0 radical (unpaired) electrons. The summed E-state index contributed by atoms with van der Waals surface area (Å²) in [7, 11) is 1.54. The molecule has 62 valence electrons. The van der Waals surface area contributed by atoms with Crippen molar-refractivity contribution in [3.8, 4) is 11.8 Å². The van der Waals surface area contributed by atoms with E-state index < -0.39 is 0 Å². The third-order valence-electron chi connectivity index (χ3n) is 1.72. The smallest absolute Gasteiger partial charge is 0.146 e. The van der Waals surface area contributed by atoms with Crippen molar-refractivity contribution in [1.29, 1.82) is 5.26 Å². The molecule has 0 bridgehead atoms. The van der Waals surface area contributed by atoms with Gasteiger partial charge in [-0.3, -0.25) is 0 Å². The van der Waals surface area contributed by atoms with Gasteiger partial charge in [-0.1, -0.05) is 6.07 Å². The van der Waals surface area contributed by atoms with Crippen LogP contribution in [0.15, 0.2) is 12.1 Å². The molecule has 0 fully saturated rings. The minimum atomic E-state index is 0.417. The Bertz CT molecular complexity index is 339. The number of anilines is 1. The predicted octanol–water partition coefficient (Wildman–Crippen LogP) is 1.46. The number of nitrogen functional groups attached to an aromatic ring is 1. The highest BCUT2D eigenvalue weighted by Gasteiger charge is 2.07. The van der Waals surface area contributed by atoms with Gasteiger partial charge < -0.3 is 10.5 Å². The molecule has 0 saturated carbocycles. The first-order valence-corrected chi connectivity index (χ1v) is 3.54. The highest BCUT2D eigenvalue weighted by Crippen LogP contribution is 2.28. The number of methoxy groups -OCH3 is 1. The fourth-order valence-electron chi connectivity index (χ4n) is 1.08. The van der Waals surface area contributed by atoms with Gasteiger partial charge in [-0.05, 0) is 18.6 Å². The van der Waals surface area contributed by atoms with E-state index in [1.807, 2.05) is 19.1 Å². The fraction of sp³-hybridized carbons (Fsp3) is 0.222. The highest BCUT2D eigenvalue weighted by atomic mass is 16.5. The van der Waals surface area contributed by atoms with Gasteiger partial charge in [0, 0.05) is 0 Å². The second-order valence-electron chi connectivity index (χ2n) is 2.49. The molecule has 12 heavy (non-hydrogen) atoms. The highest BCUT2D eigenvalue weighted by molar-refractivity contribution is 5.65. The lowest BCUT2D eigenvalue weighted by Gasteiger charge is -2.08. The van der Waals surface area contributed by atoms with Crippen LogP contribution in [0.25, 0.3) is 0 Å². The number of aryl methyl sites for hydroxylation is 1. The summed E-state index contributed by atoms with van der Waals surface area (Å²) in [6.07, 6.45) is 0. The topological polar surface area (TPSA) is 59.0 Å². The second kappa shape index (κ2) is 3.14. The maximum atomic E-state index is 8.64. The van der Waals surface area contributed by atoms with Crippen LogP contribution in [-0.2, 0) is 0 Å². The van der Waals surface area contributed by atoms with E-state index in [1.54, 1.807) is 13.2 Å². The van der Waals surface area contributed by atoms with Crippen LogP contribution >= 0.6 is 0 Å². The molecule has 0 aliphatic carbocycles. The molecule has 1 aromatic rings. The summed E-state index contributed by atoms with van der Waals surface area (Å²) < 4.78 is 5.04. The molecular weight excluding hydrogens is 152 g/mol. The number of rotatable bonds is 1. The molecule has 0 spiro atoms. The number of hydrogen-bond acceptors (Lipinski definition) is 3. The second-order valence-corrected chi connectivity index (χ2v) is 2.49. The zero-order chi connectivity index (χ0) is 9.14. The molecule has 0 amide bonds. The van der Waals surface area contributed by atoms with Crippen LogP contribution in [0.1, 0.15) is 11.1 Å². The van der Waals surface area contributed by atoms with Crippen LogP contribution in [-0.4, -0.2) is 7.11 Å². The summed E-state index contributed by atoms with van der Waals surface area (Å²) in [6, 6.07) is 5.49. The van der Waals surface area contributed by atoms with Crippen molar-refractivity contribution in [1.82, 2.24) is 0 Å². The molecule has 1 aromatic carbocycles. The van der Waals surface area contributed by atoms with Gasteiger partial charge in [-0.25, -0.2) is 0 Å². The average Bonchev–Trinajstić information content (AvgIpc) is 2.06. The molecule has 0 saturated heterocycles. The SMILES string of the molecule is COc1c(C)ccc(C#N)c1N.